The van der Waals surface area contributed by atoms with Crippen LogP contribution in [0.5, 0.6) is 11.5 Å². The maximum Gasteiger partial charge on any atom is 0.328 e. The van der Waals surface area contributed by atoms with E-state index in [0.29, 0.717) is 5.56 Å². The van der Waals surface area contributed by atoms with Crippen LogP contribution in [-0.4, -0.2) is 26.7 Å². The number of ether oxygens (including phenoxy) is 1. The molecule has 0 bridgehead atoms. The van der Waals surface area contributed by atoms with Crippen LogP contribution in [0.3, 0.4) is 0 Å². The van der Waals surface area contributed by atoms with Crippen molar-refractivity contribution in [3.63, 3.8) is 0 Å². The van der Waals surface area contributed by atoms with Gasteiger partial charge in [-0.2, -0.15) is 0 Å². The van der Waals surface area contributed by atoms with Gasteiger partial charge in [0.25, 0.3) is 0 Å². The lowest BCUT2D eigenvalue weighted by Gasteiger charge is -2.26. The molecular formula is C16H19N3O4. The van der Waals surface area contributed by atoms with Crippen molar-refractivity contribution < 1.29 is 19.7 Å². The van der Waals surface area contributed by atoms with E-state index in [0.717, 1.165) is 5.56 Å². The number of nitrogens with one attached hydrogen (secondary N) is 1. The highest BCUT2D eigenvalue weighted by Gasteiger charge is 2.34. The molecule has 1 aromatic carbocycles. The van der Waals surface area contributed by atoms with Crippen molar-refractivity contribution in [1.29, 1.82) is 0 Å². The van der Waals surface area contributed by atoms with Gasteiger partial charge in [-0.15, -0.1) is 0 Å². The van der Waals surface area contributed by atoms with E-state index in [4.69, 9.17) is 10.6 Å². The van der Waals surface area contributed by atoms with E-state index < -0.39 is 11.5 Å². The Morgan fingerprint density at radius 3 is 2.70 bits per heavy atom. The third-order valence-electron chi connectivity index (χ3n) is 3.46. The molecule has 0 saturated heterocycles. The summed E-state index contributed by atoms with van der Waals surface area (Å²) in [5, 5.41) is 18.9. The van der Waals surface area contributed by atoms with Gasteiger partial charge in [0.15, 0.2) is 11.5 Å². The summed E-state index contributed by atoms with van der Waals surface area (Å²) in [6, 6.07) is 7.87. The van der Waals surface area contributed by atoms with Gasteiger partial charge >= 0.3 is 5.97 Å². The summed E-state index contributed by atoms with van der Waals surface area (Å²) in [7, 11) is 0. The van der Waals surface area contributed by atoms with Crippen molar-refractivity contribution >= 4 is 5.97 Å². The van der Waals surface area contributed by atoms with E-state index in [1.807, 2.05) is 0 Å². The predicted molar refractivity (Wildman–Crippen MR) is 83.2 cm³/mol. The summed E-state index contributed by atoms with van der Waals surface area (Å²) >= 11 is 0. The van der Waals surface area contributed by atoms with Crippen LogP contribution in [0.4, 0.5) is 0 Å². The Bertz CT molecular complexity index is 678. The fraction of sp³-hybridized carbons (Fsp3) is 0.250. The number of hydrogen-bond acceptors (Lipinski definition) is 7. The second kappa shape index (κ2) is 7.08. The molecule has 2 rings (SSSR count). The standard InChI is InChI=1S/C16H19N3O4/c1-16(19-17,8-11-4-5-13(20)14(21)7-11)15(22)23-10-12-3-2-6-18-9-12/h2-7,9,19-21H,8,10,17H2,1H3. The summed E-state index contributed by atoms with van der Waals surface area (Å²) in [6.07, 6.45) is 3.43. The van der Waals surface area contributed by atoms with Crippen molar-refractivity contribution in [1.82, 2.24) is 10.4 Å². The number of nitrogens with zero attached hydrogens (tertiary/aromatic N) is 1. The molecule has 0 aliphatic rings. The van der Waals surface area contributed by atoms with Gasteiger partial charge in [-0.05, 0) is 30.7 Å². The van der Waals surface area contributed by atoms with E-state index in [-0.39, 0.29) is 24.5 Å². The summed E-state index contributed by atoms with van der Waals surface area (Å²) < 4.78 is 5.28. The second-order valence-electron chi connectivity index (χ2n) is 5.41. The lowest BCUT2D eigenvalue weighted by molar-refractivity contribution is -0.152. The van der Waals surface area contributed by atoms with Crippen LogP contribution in [0.15, 0.2) is 42.7 Å². The van der Waals surface area contributed by atoms with E-state index in [1.165, 1.54) is 12.1 Å². The Morgan fingerprint density at radius 2 is 2.09 bits per heavy atom. The molecule has 1 heterocycles. The second-order valence-corrected chi connectivity index (χ2v) is 5.41. The minimum atomic E-state index is -1.17. The molecule has 1 aromatic heterocycles. The van der Waals surface area contributed by atoms with Gasteiger partial charge in [0.2, 0.25) is 0 Å². The fourth-order valence-electron chi connectivity index (χ4n) is 2.06. The van der Waals surface area contributed by atoms with Crippen molar-refractivity contribution in [2.24, 2.45) is 5.84 Å². The Morgan fingerprint density at radius 1 is 1.30 bits per heavy atom. The Balaban J connectivity index is 2.06. The number of rotatable bonds is 6. The minimum absolute atomic E-state index is 0.0881. The first-order valence-electron chi connectivity index (χ1n) is 6.99. The molecule has 0 fully saturated rings. The fourth-order valence-corrected chi connectivity index (χ4v) is 2.06. The predicted octanol–water partition coefficient (Wildman–Crippen LogP) is 1.00. The first kappa shape index (κ1) is 16.7. The molecular weight excluding hydrogens is 298 g/mol. The number of benzene rings is 1. The average Bonchev–Trinajstić information content (AvgIpc) is 2.56. The molecule has 5 N–H and O–H groups in total. The number of carbonyl (C=O) groups is 1. The topological polar surface area (TPSA) is 118 Å². The molecule has 1 atom stereocenters. The molecule has 23 heavy (non-hydrogen) atoms. The minimum Gasteiger partial charge on any atom is -0.504 e. The highest BCUT2D eigenvalue weighted by Crippen LogP contribution is 2.27. The van der Waals surface area contributed by atoms with Gasteiger partial charge in [-0.3, -0.25) is 10.8 Å². The molecule has 0 aliphatic heterocycles. The molecule has 0 saturated carbocycles. The summed E-state index contributed by atoms with van der Waals surface area (Å²) in [4.78, 5) is 16.3. The first-order chi connectivity index (χ1) is 10.9. The zero-order chi connectivity index (χ0) is 16.9. The number of aromatic nitrogens is 1. The summed E-state index contributed by atoms with van der Waals surface area (Å²) in [6.45, 7) is 1.69. The highest BCUT2D eigenvalue weighted by atomic mass is 16.5. The molecule has 7 nitrogen and oxygen atoms in total. The lowest BCUT2D eigenvalue weighted by atomic mass is 9.93. The first-order valence-corrected chi connectivity index (χ1v) is 6.99. The van der Waals surface area contributed by atoms with Crippen LogP contribution in [0, 0.1) is 0 Å². The number of nitrogens with two attached hydrogens (primary N) is 1. The van der Waals surface area contributed by atoms with E-state index in [1.54, 1.807) is 37.5 Å². The van der Waals surface area contributed by atoms with Crippen molar-refractivity contribution in [2.45, 2.75) is 25.5 Å². The van der Waals surface area contributed by atoms with E-state index >= 15 is 0 Å². The van der Waals surface area contributed by atoms with Gasteiger partial charge in [-0.1, -0.05) is 12.1 Å². The zero-order valence-corrected chi connectivity index (χ0v) is 12.7. The van der Waals surface area contributed by atoms with Gasteiger partial charge in [-0.25, -0.2) is 10.2 Å². The van der Waals surface area contributed by atoms with Crippen LogP contribution in [0.25, 0.3) is 0 Å². The number of pyridine rings is 1. The van der Waals surface area contributed by atoms with Gasteiger partial charge in [0.05, 0.1) is 0 Å². The molecule has 0 amide bonds. The molecule has 122 valence electrons. The van der Waals surface area contributed by atoms with Crippen molar-refractivity contribution in [2.75, 3.05) is 0 Å². The number of carbonyl (C=O) groups excluding carboxylic acids is 1. The molecule has 1 unspecified atom stereocenters. The highest BCUT2D eigenvalue weighted by molar-refractivity contribution is 5.80. The van der Waals surface area contributed by atoms with Crippen LogP contribution >= 0.6 is 0 Å². The van der Waals surface area contributed by atoms with Crippen LogP contribution in [0.1, 0.15) is 18.1 Å². The van der Waals surface area contributed by atoms with Crippen LogP contribution in [0.2, 0.25) is 0 Å². The number of esters is 1. The Labute approximate surface area is 133 Å². The molecule has 2 aromatic rings. The Kier molecular flexibility index (Phi) is 5.15. The van der Waals surface area contributed by atoms with E-state index in [9.17, 15) is 15.0 Å². The van der Waals surface area contributed by atoms with Gasteiger partial charge in [0, 0.05) is 24.4 Å². The molecule has 0 spiro atoms. The SMILES string of the molecule is CC(Cc1ccc(O)c(O)c1)(NN)C(=O)OCc1cccnc1. The maximum atomic E-state index is 12.3. The Hall–Kier alpha value is -2.64. The number of hydrazine groups is 1. The van der Waals surface area contributed by atoms with Crippen LogP contribution in [-0.2, 0) is 22.6 Å². The number of hydrogen-bond donors (Lipinski definition) is 4. The summed E-state index contributed by atoms with van der Waals surface area (Å²) in [5.74, 6) is 4.50. The maximum absolute atomic E-state index is 12.3. The third kappa shape index (κ3) is 4.18. The van der Waals surface area contributed by atoms with Crippen molar-refractivity contribution in [3.05, 3.63) is 53.9 Å². The smallest absolute Gasteiger partial charge is 0.328 e. The number of phenolic OH excluding ortho intramolecular Hbond substituents is 2. The largest absolute Gasteiger partial charge is 0.504 e. The molecule has 0 radical (unpaired) electrons. The summed E-state index contributed by atoms with van der Waals surface area (Å²) in [5.41, 5.74) is 2.68. The monoisotopic (exact) mass is 317 g/mol. The van der Waals surface area contributed by atoms with Gasteiger partial charge in [0.1, 0.15) is 12.1 Å². The van der Waals surface area contributed by atoms with Crippen molar-refractivity contribution in [3.8, 4) is 11.5 Å². The lowest BCUT2D eigenvalue weighted by Crippen LogP contribution is -2.55. The number of phenols is 2. The normalized spacial score (nSPS) is 13.3. The third-order valence-corrected chi connectivity index (χ3v) is 3.46. The number of aromatic hydroxyl groups is 2. The molecule has 0 aliphatic carbocycles. The average molecular weight is 317 g/mol. The van der Waals surface area contributed by atoms with Gasteiger partial charge < -0.3 is 14.9 Å². The van der Waals surface area contributed by atoms with Crippen LogP contribution < -0.4 is 11.3 Å². The van der Waals surface area contributed by atoms with E-state index in [2.05, 4.69) is 10.4 Å². The zero-order valence-electron chi connectivity index (χ0n) is 12.7. The quantitative estimate of drug-likeness (QED) is 0.272. The molecule has 7 heteroatoms.